The number of aryl methyl sites for hydroxylation is 1. The van der Waals surface area contributed by atoms with Crippen LogP contribution in [-0.4, -0.2) is 15.4 Å². The van der Waals surface area contributed by atoms with E-state index >= 15 is 0 Å². The fraction of sp³-hybridized carbons (Fsp3) is 0.286. The van der Waals surface area contributed by atoms with Crippen LogP contribution in [0.15, 0.2) is 48.0 Å². The highest BCUT2D eigenvalue weighted by Gasteiger charge is 1.99. The predicted molar refractivity (Wildman–Crippen MR) is 70.8 cm³/mol. The lowest BCUT2D eigenvalue weighted by Gasteiger charge is -2.04. The van der Waals surface area contributed by atoms with Crippen LogP contribution in [-0.2, 0) is 6.42 Å². The maximum Gasteiger partial charge on any atom is 0.114 e. The summed E-state index contributed by atoms with van der Waals surface area (Å²) in [7, 11) is 0. The summed E-state index contributed by atoms with van der Waals surface area (Å²) in [6.07, 6.45) is 7.41. The first-order chi connectivity index (χ1) is 8.33. The van der Waals surface area contributed by atoms with Crippen LogP contribution in [0, 0.1) is 0 Å². The van der Waals surface area contributed by atoms with Gasteiger partial charge in [0, 0.05) is 18.8 Å². The maximum atomic E-state index is 4.63. The number of rotatable bonds is 3. The molecule has 0 aliphatic rings. The van der Waals surface area contributed by atoms with Crippen molar-refractivity contribution in [1.29, 1.82) is 0 Å². The van der Waals surface area contributed by atoms with Crippen molar-refractivity contribution in [3.05, 3.63) is 48.5 Å². The molecule has 0 saturated heterocycles. The Kier molecular flexibility index (Phi) is 3.70. The smallest absolute Gasteiger partial charge is 0.114 e. The monoisotopic (exact) mass is 227 g/mol. The predicted octanol–water partition coefficient (Wildman–Crippen LogP) is 3.43. The molecule has 3 heteroatoms. The average Bonchev–Trinajstić information content (AvgIpc) is 2.90. The van der Waals surface area contributed by atoms with Gasteiger partial charge in [-0.3, -0.25) is 4.57 Å². The molecule has 0 aliphatic carbocycles. The number of aromatic nitrogens is 2. The zero-order valence-electron chi connectivity index (χ0n) is 10.3. The minimum atomic E-state index is 0.881. The van der Waals surface area contributed by atoms with Crippen molar-refractivity contribution in [1.82, 2.24) is 9.55 Å². The van der Waals surface area contributed by atoms with E-state index in [4.69, 9.17) is 0 Å². The summed E-state index contributed by atoms with van der Waals surface area (Å²) < 4.78 is 1.95. The molecule has 0 N–H and O–H groups in total. The molecule has 0 atom stereocenters. The van der Waals surface area contributed by atoms with Crippen molar-refractivity contribution in [3.63, 3.8) is 0 Å². The van der Waals surface area contributed by atoms with Gasteiger partial charge in [0.25, 0.3) is 0 Å². The van der Waals surface area contributed by atoms with Gasteiger partial charge in [0.15, 0.2) is 0 Å². The summed E-state index contributed by atoms with van der Waals surface area (Å²) >= 11 is 0. The van der Waals surface area contributed by atoms with Crippen LogP contribution < -0.4 is 0 Å². The van der Waals surface area contributed by atoms with E-state index < -0.39 is 0 Å². The first-order valence-corrected chi connectivity index (χ1v) is 5.98. The maximum absolute atomic E-state index is 4.63. The Balaban J connectivity index is 2.26. The molecule has 0 spiro atoms. The molecule has 0 saturated carbocycles. The molecule has 0 aliphatic heterocycles. The van der Waals surface area contributed by atoms with Gasteiger partial charge < -0.3 is 0 Å². The van der Waals surface area contributed by atoms with Gasteiger partial charge in [0.1, 0.15) is 12.2 Å². The Labute approximate surface area is 102 Å². The summed E-state index contributed by atoms with van der Waals surface area (Å²) in [5.41, 5.74) is 2.33. The van der Waals surface area contributed by atoms with Gasteiger partial charge in [-0.15, -0.1) is 0 Å². The van der Waals surface area contributed by atoms with Crippen LogP contribution in [0.1, 0.15) is 25.8 Å². The Morgan fingerprint density at radius 2 is 2.00 bits per heavy atom. The number of nitrogens with zero attached hydrogens (tertiary/aromatic N) is 3. The van der Waals surface area contributed by atoms with Crippen molar-refractivity contribution in [2.24, 2.45) is 4.99 Å². The van der Waals surface area contributed by atoms with E-state index in [9.17, 15) is 0 Å². The van der Waals surface area contributed by atoms with Crippen LogP contribution in [0.5, 0.6) is 0 Å². The molecule has 0 radical (unpaired) electrons. The number of aliphatic imine (C=N–C) groups is 1. The third-order valence-electron chi connectivity index (χ3n) is 2.72. The quantitative estimate of drug-likeness (QED) is 0.583. The number of hydrogen-bond acceptors (Lipinski definition) is 2. The van der Waals surface area contributed by atoms with E-state index in [-0.39, 0.29) is 0 Å². The molecule has 3 nitrogen and oxygen atoms in total. The van der Waals surface area contributed by atoms with Crippen molar-refractivity contribution in [2.45, 2.75) is 26.7 Å². The van der Waals surface area contributed by atoms with Gasteiger partial charge in [-0.1, -0.05) is 26.0 Å². The average molecular weight is 227 g/mol. The summed E-state index contributed by atoms with van der Waals surface area (Å²) in [6, 6.07) is 8.37. The Bertz CT molecular complexity index is 481. The molecular formula is C14H17N3. The fourth-order valence-corrected chi connectivity index (χ4v) is 1.69. The SMILES string of the molecule is CCC(=Nc1ccc(CC)cc1)n1ccnc1. The highest BCUT2D eigenvalue weighted by atomic mass is 15.1. The van der Waals surface area contributed by atoms with Crippen LogP contribution in [0.4, 0.5) is 5.69 Å². The zero-order valence-corrected chi connectivity index (χ0v) is 10.3. The van der Waals surface area contributed by atoms with Crippen molar-refractivity contribution in [3.8, 4) is 0 Å². The molecule has 88 valence electrons. The second-order valence-corrected chi connectivity index (χ2v) is 3.87. The summed E-state index contributed by atoms with van der Waals surface area (Å²) in [6.45, 7) is 4.25. The number of hydrogen-bond donors (Lipinski definition) is 0. The molecule has 0 fully saturated rings. The van der Waals surface area contributed by atoms with E-state index in [1.165, 1.54) is 5.56 Å². The van der Waals surface area contributed by atoms with Crippen LogP contribution >= 0.6 is 0 Å². The number of benzene rings is 1. The molecular weight excluding hydrogens is 210 g/mol. The second kappa shape index (κ2) is 5.43. The van der Waals surface area contributed by atoms with E-state index in [1.807, 2.05) is 10.8 Å². The van der Waals surface area contributed by atoms with Gasteiger partial charge in [0.2, 0.25) is 0 Å². The van der Waals surface area contributed by atoms with E-state index in [0.29, 0.717) is 0 Å². The summed E-state index contributed by atoms with van der Waals surface area (Å²) in [4.78, 5) is 8.68. The lowest BCUT2D eigenvalue weighted by molar-refractivity contribution is 1.05. The van der Waals surface area contributed by atoms with E-state index in [2.05, 4.69) is 48.1 Å². The van der Waals surface area contributed by atoms with E-state index in [1.54, 1.807) is 12.5 Å². The lowest BCUT2D eigenvalue weighted by atomic mass is 10.1. The summed E-state index contributed by atoms with van der Waals surface area (Å²) in [5, 5.41) is 0. The molecule has 0 amide bonds. The third kappa shape index (κ3) is 2.81. The molecule has 2 rings (SSSR count). The fourth-order valence-electron chi connectivity index (χ4n) is 1.69. The van der Waals surface area contributed by atoms with Crippen molar-refractivity contribution >= 4 is 11.5 Å². The van der Waals surface area contributed by atoms with Crippen LogP contribution in [0.2, 0.25) is 0 Å². The standard InChI is InChI=1S/C14H17N3/c1-3-12-5-7-13(8-6-12)16-14(4-2)17-10-9-15-11-17/h5-11H,3-4H2,1-2H3. The zero-order chi connectivity index (χ0) is 12.1. The number of imidazole rings is 1. The molecule has 1 aromatic carbocycles. The Morgan fingerprint density at radius 1 is 1.24 bits per heavy atom. The molecule has 0 unspecified atom stereocenters. The van der Waals surface area contributed by atoms with Gasteiger partial charge in [-0.25, -0.2) is 9.98 Å². The normalized spacial score (nSPS) is 11.8. The first kappa shape index (κ1) is 11.6. The summed E-state index contributed by atoms with van der Waals surface area (Å²) in [5.74, 6) is 1.01. The Hall–Kier alpha value is -1.90. The highest BCUT2D eigenvalue weighted by molar-refractivity contribution is 5.86. The minimum absolute atomic E-state index is 0.881. The van der Waals surface area contributed by atoms with Crippen molar-refractivity contribution in [2.75, 3.05) is 0 Å². The molecule has 0 bridgehead atoms. The highest BCUT2D eigenvalue weighted by Crippen LogP contribution is 2.14. The molecule has 17 heavy (non-hydrogen) atoms. The van der Waals surface area contributed by atoms with Gasteiger partial charge in [-0.05, 0) is 24.1 Å². The molecule has 1 aromatic heterocycles. The topological polar surface area (TPSA) is 30.2 Å². The van der Waals surface area contributed by atoms with Crippen LogP contribution in [0.25, 0.3) is 0 Å². The van der Waals surface area contributed by atoms with Crippen molar-refractivity contribution < 1.29 is 0 Å². The Morgan fingerprint density at radius 3 is 2.53 bits per heavy atom. The lowest BCUT2D eigenvalue weighted by Crippen LogP contribution is -2.07. The second-order valence-electron chi connectivity index (χ2n) is 3.87. The largest absolute Gasteiger partial charge is 0.294 e. The molecule has 1 heterocycles. The minimum Gasteiger partial charge on any atom is -0.294 e. The van der Waals surface area contributed by atoms with Gasteiger partial charge in [0.05, 0.1) is 5.69 Å². The van der Waals surface area contributed by atoms with Gasteiger partial charge >= 0.3 is 0 Å². The third-order valence-corrected chi connectivity index (χ3v) is 2.72. The van der Waals surface area contributed by atoms with E-state index in [0.717, 1.165) is 24.4 Å². The van der Waals surface area contributed by atoms with Gasteiger partial charge in [-0.2, -0.15) is 0 Å². The van der Waals surface area contributed by atoms with Crippen LogP contribution in [0.3, 0.4) is 0 Å². The molecule has 2 aromatic rings. The first-order valence-electron chi connectivity index (χ1n) is 5.98.